The molecule has 3 unspecified atom stereocenters. The maximum atomic E-state index is 11.7. The predicted octanol–water partition coefficient (Wildman–Crippen LogP) is 0.901. The van der Waals surface area contributed by atoms with E-state index in [1.807, 2.05) is 0 Å². The van der Waals surface area contributed by atoms with E-state index in [4.69, 9.17) is 0 Å². The van der Waals surface area contributed by atoms with Crippen LogP contribution in [0.25, 0.3) is 0 Å². The Hall–Kier alpha value is -0.570. The normalized spacial score (nSPS) is 37.4. The summed E-state index contributed by atoms with van der Waals surface area (Å²) in [6, 6.07) is 0.373. The van der Waals surface area contributed by atoms with Crippen LogP contribution in [0.5, 0.6) is 0 Å². The Labute approximate surface area is 85.6 Å². The molecule has 14 heavy (non-hydrogen) atoms. The molecule has 1 saturated carbocycles. The van der Waals surface area contributed by atoms with E-state index in [2.05, 4.69) is 17.6 Å². The van der Waals surface area contributed by atoms with Crippen molar-refractivity contribution in [3.8, 4) is 0 Å². The SMILES string of the molecule is CC1CC1C(=O)NC1CCCCNC1. The number of carbonyl (C=O) groups excluding carboxylic acids is 1. The average Bonchev–Trinajstić information content (AvgIpc) is 2.90. The zero-order valence-corrected chi connectivity index (χ0v) is 8.88. The molecule has 2 aliphatic rings. The molecule has 0 aromatic heterocycles. The number of carbonyl (C=O) groups is 1. The molecule has 0 aromatic carbocycles. The van der Waals surface area contributed by atoms with Gasteiger partial charge in [-0.2, -0.15) is 0 Å². The standard InChI is InChI=1S/C11H20N2O/c1-8-6-10(8)11(14)13-9-4-2-3-5-12-7-9/h8-10,12H,2-7H2,1H3,(H,13,14). The summed E-state index contributed by atoms with van der Waals surface area (Å²) in [5, 5.41) is 6.51. The van der Waals surface area contributed by atoms with E-state index in [1.54, 1.807) is 0 Å². The first kappa shape index (κ1) is 9.97. The van der Waals surface area contributed by atoms with E-state index in [0.717, 1.165) is 25.9 Å². The van der Waals surface area contributed by atoms with E-state index in [1.165, 1.54) is 12.8 Å². The van der Waals surface area contributed by atoms with Gasteiger partial charge in [-0.1, -0.05) is 13.3 Å². The highest BCUT2D eigenvalue weighted by Crippen LogP contribution is 2.37. The van der Waals surface area contributed by atoms with Gasteiger partial charge in [0.05, 0.1) is 0 Å². The largest absolute Gasteiger partial charge is 0.352 e. The molecule has 1 aliphatic heterocycles. The van der Waals surface area contributed by atoms with Gasteiger partial charge in [-0.3, -0.25) is 4.79 Å². The van der Waals surface area contributed by atoms with Gasteiger partial charge in [0.2, 0.25) is 5.91 Å². The van der Waals surface area contributed by atoms with Gasteiger partial charge in [0.15, 0.2) is 0 Å². The lowest BCUT2D eigenvalue weighted by atomic mass is 10.1. The van der Waals surface area contributed by atoms with Crippen molar-refractivity contribution in [2.75, 3.05) is 13.1 Å². The van der Waals surface area contributed by atoms with E-state index in [0.29, 0.717) is 17.9 Å². The van der Waals surface area contributed by atoms with Crippen LogP contribution < -0.4 is 10.6 Å². The molecule has 0 aromatic rings. The maximum absolute atomic E-state index is 11.7. The maximum Gasteiger partial charge on any atom is 0.223 e. The molecule has 3 atom stereocenters. The van der Waals surface area contributed by atoms with E-state index >= 15 is 0 Å². The fourth-order valence-electron chi connectivity index (χ4n) is 2.14. The van der Waals surface area contributed by atoms with Gasteiger partial charge in [-0.15, -0.1) is 0 Å². The molecule has 2 fully saturated rings. The molecule has 1 heterocycles. The van der Waals surface area contributed by atoms with Crippen LogP contribution in [0, 0.1) is 11.8 Å². The van der Waals surface area contributed by atoms with Gasteiger partial charge in [0.1, 0.15) is 0 Å². The first-order valence-corrected chi connectivity index (χ1v) is 5.78. The van der Waals surface area contributed by atoms with Crippen LogP contribution in [-0.4, -0.2) is 25.0 Å². The fraction of sp³-hybridized carbons (Fsp3) is 0.909. The zero-order valence-electron chi connectivity index (χ0n) is 8.88. The molecule has 2 rings (SSSR count). The van der Waals surface area contributed by atoms with Crippen LogP contribution in [0.1, 0.15) is 32.6 Å². The van der Waals surface area contributed by atoms with Crippen molar-refractivity contribution in [1.82, 2.24) is 10.6 Å². The minimum atomic E-state index is 0.284. The highest BCUT2D eigenvalue weighted by Gasteiger charge is 2.39. The third-order valence-electron chi connectivity index (χ3n) is 3.34. The second-order valence-corrected chi connectivity index (χ2v) is 4.72. The third kappa shape index (κ3) is 2.47. The molecule has 0 bridgehead atoms. The predicted molar refractivity (Wildman–Crippen MR) is 55.9 cm³/mol. The first-order chi connectivity index (χ1) is 6.77. The molecule has 3 nitrogen and oxygen atoms in total. The van der Waals surface area contributed by atoms with Gasteiger partial charge in [0.25, 0.3) is 0 Å². The zero-order chi connectivity index (χ0) is 9.97. The van der Waals surface area contributed by atoms with E-state index in [9.17, 15) is 4.79 Å². The highest BCUT2D eigenvalue weighted by molar-refractivity contribution is 5.81. The molecule has 0 radical (unpaired) electrons. The van der Waals surface area contributed by atoms with Crippen LogP contribution in [0.15, 0.2) is 0 Å². The summed E-state index contributed by atoms with van der Waals surface area (Å²) in [5.74, 6) is 1.22. The van der Waals surface area contributed by atoms with Crippen molar-refractivity contribution in [2.24, 2.45) is 11.8 Å². The Morgan fingerprint density at radius 2 is 2.21 bits per heavy atom. The summed E-state index contributed by atoms with van der Waals surface area (Å²) in [7, 11) is 0. The van der Waals surface area contributed by atoms with Crippen molar-refractivity contribution < 1.29 is 4.79 Å². The Balaban J connectivity index is 1.75. The van der Waals surface area contributed by atoms with Crippen molar-refractivity contribution in [1.29, 1.82) is 0 Å². The van der Waals surface area contributed by atoms with Gasteiger partial charge >= 0.3 is 0 Å². The summed E-state index contributed by atoms with van der Waals surface area (Å²) in [6.45, 7) is 4.20. The molecule has 1 amide bonds. The summed E-state index contributed by atoms with van der Waals surface area (Å²) in [6.07, 6.45) is 4.70. The molecular weight excluding hydrogens is 176 g/mol. The molecule has 3 heteroatoms. The first-order valence-electron chi connectivity index (χ1n) is 5.78. The van der Waals surface area contributed by atoms with Gasteiger partial charge in [0, 0.05) is 18.5 Å². The molecule has 1 saturated heterocycles. The van der Waals surface area contributed by atoms with Gasteiger partial charge in [-0.05, 0) is 31.7 Å². The van der Waals surface area contributed by atoms with Crippen molar-refractivity contribution in [3.63, 3.8) is 0 Å². The minimum absolute atomic E-state index is 0.284. The van der Waals surface area contributed by atoms with Gasteiger partial charge in [-0.25, -0.2) is 0 Å². The van der Waals surface area contributed by atoms with Gasteiger partial charge < -0.3 is 10.6 Å². The molecule has 80 valence electrons. The molecule has 1 aliphatic carbocycles. The number of hydrogen-bond donors (Lipinski definition) is 2. The minimum Gasteiger partial charge on any atom is -0.352 e. The van der Waals surface area contributed by atoms with Crippen molar-refractivity contribution in [3.05, 3.63) is 0 Å². The highest BCUT2D eigenvalue weighted by atomic mass is 16.2. The smallest absolute Gasteiger partial charge is 0.223 e. The Morgan fingerprint density at radius 3 is 2.93 bits per heavy atom. The monoisotopic (exact) mass is 196 g/mol. The van der Waals surface area contributed by atoms with Crippen LogP contribution in [0.3, 0.4) is 0 Å². The second-order valence-electron chi connectivity index (χ2n) is 4.72. The van der Waals surface area contributed by atoms with E-state index < -0.39 is 0 Å². The number of amides is 1. The van der Waals surface area contributed by atoms with Crippen LogP contribution >= 0.6 is 0 Å². The summed E-state index contributed by atoms with van der Waals surface area (Å²) in [5.41, 5.74) is 0. The topological polar surface area (TPSA) is 41.1 Å². The molecule has 0 spiro atoms. The Bertz CT molecular complexity index is 209. The summed E-state index contributed by atoms with van der Waals surface area (Å²) in [4.78, 5) is 11.7. The Morgan fingerprint density at radius 1 is 1.43 bits per heavy atom. The Kier molecular flexibility index (Phi) is 3.06. The lowest BCUT2D eigenvalue weighted by molar-refractivity contribution is -0.123. The van der Waals surface area contributed by atoms with Crippen molar-refractivity contribution in [2.45, 2.75) is 38.6 Å². The van der Waals surface area contributed by atoms with Crippen LogP contribution in [0.4, 0.5) is 0 Å². The third-order valence-corrected chi connectivity index (χ3v) is 3.34. The second kappa shape index (κ2) is 4.30. The summed E-state index contributed by atoms with van der Waals surface area (Å²) >= 11 is 0. The lowest BCUT2D eigenvalue weighted by Crippen LogP contribution is -2.41. The van der Waals surface area contributed by atoms with Crippen LogP contribution in [0.2, 0.25) is 0 Å². The lowest BCUT2D eigenvalue weighted by Gasteiger charge is -2.16. The van der Waals surface area contributed by atoms with Crippen LogP contribution in [-0.2, 0) is 4.79 Å². The average molecular weight is 196 g/mol. The fourth-order valence-corrected chi connectivity index (χ4v) is 2.14. The van der Waals surface area contributed by atoms with Crippen molar-refractivity contribution >= 4 is 5.91 Å². The molecule has 2 N–H and O–H groups in total. The number of rotatable bonds is 2. The number of hydrogen-bond acceptors (Lipinski definition) is 2. The molecular formula is C11H20N2O. The quantitative estimate of drug-likeness (QED) is 0.689. The van der Waals surface area contributed by atoms with E-state index in [-0.39, 0.29) is 5.91 Å². The number of nitrogens with one attached hydrogen (secondary N) is 2. The summed E-state index contributed by atoms with van der Waals surface area (Å²) < 4.78 is 0.